The van der Waals surface area contributed by atoms with Gasteiger partial charge in [-0.05, 0) is 55.9 Å². The second-order valence-corrected chi connectivity index (χ2v) is 11.6. The lowest BCUT2D eigenvalue weighted by molar-refractivity contribution is 0.318. The Hall–Kier alpha value is -2.88. The summed E-state index contributed by atoms with van der Waals surface area (Å²) in [7, 11) is 2.06. The highest BCUT2D eigenvalue weighted by Gasteiger charge is 2.49. The first-order valence-electron chi connectivity index (χ1n) is 11.9. The molecule has 1 unspecified atom stereocenters. The van der Waals surface area contributed by atoms with Crippen LogP contribution in [0.2, 0.25) is 0 Å². The Bertz CT molecular complexity index is 1330. The Morgan fingerprint density at radius 3 is 2.54 bits per heavy atom. The number of rotatable bonds is 7. The van der Waals surface area contributed by atoms with E-state index in [0.717, 1.165) is 58.9 Å². The van der Waals surface area contributed by atoms with E-state index in [1.165, 1.54) is 4.31 Å². The minimum absolute atomic E-state index is 0.214. The average molecular weight is 497 g/mol. The van der Waals surface area contributed by atoms with Crippen LogP contribution in [0.1, 0.15) is 6.42 Å². The van der Waals surface area contributed by atoms with E-state index >= 15 is 0 Å². The fourth-order valence-corrected chi connectivity index (χ4v) is 7.01. The number of aromatic nitrogens is 1. The standard InChI is InChI=1S/C26H32N4O4S/c1-27-11-13-34-20-6-4-19(5-7-20)23-15-25(22-9-8-21(33-3)14-24(22)28-23)30-12-10-26(17-30)16-29(2)35(31,32)18-26/h4-9,14-15,27H,10-13,16-18H2,1-3H3. The smallest absolute Gasteiger partial charge is 0.214 e. The Kier molecular flexibility index (Phi) is 6.33. The summed E-state index contributed by atoms with van der Waals surface area (Å²) in [4.78, 5) is 7.28. The van der Waals surface area contributed by atoms with Crippen molar-refractivity contribution in [2.24, 2.45) is 5.41 Å². The third kappa shape index (κ3) is 4.68. The summed E-state index contributed by atoms with van der Waals surface area (Å²) in [6.07, 6.45) is 0.852. The molecule has 3 aromatic rings. The third-order valence-electron chi connectivity index (χ3n) is 7.07. The van der Waals surface area contributed by atoms with Gasteiger partial charge in [0.05, 0.1) is 24.1 Å². The topological polar surface area (TPSA) is 84.0 Å². The van der Waals surface area contributed by atoms with Crippen molar-refractivity contribution in [1.82, 2.24) is 14.6 Å². The van der Waals surface area contributed by atoms with Crippen LogP contribution in [0.15, 0.2) is 48.5 Å². The summed E-state index contributed by atoms with van der Waals surface area (Å²) in [5.41, 5.74) is 3.55. The number of nitrogens with one attached hydrogen (secondary N) is 1. The number of benzene rings is 2. The minimum atomic E-state index is -3.18. The molecule has 3 heterocycles. The van der Waals surface area contributed by atoms with Crippen LogP contribution in [-0.4, -0.2) is 77.5 Å². The zero-order valence-corrected chi connectivity index (χ0v) is 21.3. The van der Waals surface area contributed by atoms with Gasteiger partial charge in [-0.15, -0.1) is 0 Å². The molecule has 0 saturated carbocycles. The van der Waals surface area contributed by atoms with Gasteiger partial charge in [-0.1, -0.05) is 0 Å². The van der Waals surface area contributed by atoms with Gasteiger partial charge in [0.15, 0.2) is 0 Å². The third-order valence-corrected chi connectivity index (χ3v) is 9.12. The summed E-state index contributed by atoms with van der Waals surface area (Å²) in [5, 5.41) is 4.11. The molecule has 1 aromatic heterocycles. The van der Waals surface area contributed by atoms with Crippen molar-refractivity contribution >= 4 is 26.6 Å². The monoisotopic (exact) mass is 496 g/mol. The van der Waals surface area contributed by atoms with E-state index in [4.69, 9.17) is 14.5 Å². The van der Waals surface area contributed by atoms with Gasteiger partial charge in [-0.3, -0.25) is 0 Å². The molecule has 5 rings (SSSR count). The first-order valence-corrected chi connectivity index (χ1v) is 13.5. The fourth-order valence-electron chi connectivity index (χ4n) is 5.22. The Balaban J connectivity index is 1.50. The SMILES string of the molecule is CNCCOc1ccc(-c2cc(N3CCC4(C3)CN(C)S(=O)(=O)C4)c3ccc(OC)cc3n2)cc1. The van der Waals surface area contributed by atoms with Crippen LogP contribution in [0, 0.1) is 5.41 Å². The van der Waals surface area contributed by atoms with Crippen molar-refractivity contribution < 1.29 is 17.9 Å². The van der Waals surface area contributed by atoms with Crippen molar-refractivity contribution in [2.75, 3.05) is 64.6 Å². The van der Waals surface area contributed by atoms with Crippen LogP contribution in [0.3, 0.4) is 0 Å². The first-order chi connectivity index (χ1) is 16.8. The molecular weight excluding hydrogens is 464 g/mol. The molecule has 9 heteroatoms. The molecule has 2 aliphatic heterocycles. The summed E-state index contributed by atoms with van der Waals surface area (Å²) < 4.78 is 37.7. The molecule has 1 N–H and O–H groups in total. The van der Waals surface area contributed by atoms with Gasteiger partial charge in [0.25, 0.3) is 0 Å². The van der Waals surface area contributed by atoms with Crippen molar-refractivity contribution in [3.05, 3.63) is 48.5 Å². The van der Waals surface area contributed by atoms with Crippen LogP contribution >= 0.6 is 0 Å². The number of hydrogen-bond acceptors (Lipinski definition) is 7. The molecule has 0 amide bonds. The molecule has 35 heavy (non-hydrogen) atoms. The number of nitrogens with zero attached hydrogens (tertiary/aromatic N) is 3. The van der Waals surface area contributed by atoms with E-state index in [-0.39, 0.29) is 11.2 Å². The Morgan fingerprint density at radius 1 is 1.09 bits per heavy atom. The lowest BCUT2D eigenvalue weighted by atomic mass is 9.90. The molecule has 2 aliphatic rings. The number of anilines is 1. The maximum atomic E-state index is 12.5. The van der Waals surface area contributed by atoms with Gasteiger partial charge >= 0.3 is 0 Å². The molecule has 1 atom stereocenters. The van der Waals surface area contributed by atoms with E-state index in [9.17, 15) is 8.42 Å². The molecule has 1 spiro atoms. The van der Waals surface area contributed by atoms with Crippen LogP contribution in [0.25, 0.3) is 22.2 Å². The molecule has 0 radical (unpaired) electrons. The number of hydrogen-bond donors (Lipinski definition) is 1. The predicted molar refractivity (Wildman–Crippen MR) is 139 cm³/mol. The molecule has 2 fully saturated rings. The van der Waals surface area contributed by atoms with Crippen LogP contribution in [0.4, 0.5) is 5.69 Å². The fraction of sp³-hybridized carbons (Fsp3) is 0.423. The van der Waals surface area contributed by atoms with Crippen molar-refractivity contribution in [3.63, 3.8) is 0 Å². The Morgan fingerprint density at radius 2 is 1.86 bits per heavy atom. The average Bonchev–Trinajstić information content (AvgIpc) is 3.35. The zero-order valence-electron chi connectivity index (χ0n) is 20.5. The molecule has 8 nitrogen and oxygen atoms in total. The number of fused-ring (bicyclic) bond motifs is 1. The second kappa shape index (κ2) is 9.29. The van der Waals surface area contributed by atoms with E-state index in [2.05, 4.69) is 16.3 Å². The normalized spacial score (nSPS) is 21.7. The number of pyridine rings is 1. The van der Waals surface area contributed by atoms with Crippen LogP contribution < -0.4 is 19.7 Å². The quantitative estimate of drug-likeness (QED) is 0.504. The van der Waals surface area contributed by atoms with Gasteiger partial charge in [-0.2, -0.15) is 0 Å². The number of sulfonamides is 1. The number of ether oxygens (including phenoxy) is 2. The number of methoxy groups -OCH3 is 1. The summed E-state index contributed by atoms with van der Waals surface area (Å²) in [6, 6.07) is 16.0. The van der Waals surface area contributed by atoms with Gasteiger partial charge in [0, 0.05) is 61.3 Å². The largest absolute Gasteiger partial charge is 0.497 e. The van der Waals surface area contributed by atoms with E-state index in [1.54, 1.807) is 14.2 Å². The summed E-state index contributed by atoms with van der Waals surface area (Å²) in [5.74, 6) is 1.79. The highest BCUT2D eigenvalue weighted by Crippen LogP contribution is 2.43. The van der Waals surface area contributed by atoms with E-state index < -0.39 is 10.0 Å². The molecule has 2 saturated heterocycles. The van der Waals surface area contributed by atoms with Crippen molar-refractivity contribution in [2.45, 2.75) is 6.42 Å². The van der Waals surface area contributed by atoms with Gasteiger partial charge in [-0.25, -0.2) is 17.7 Å². The van der Waals surface area contributed by atoms with E-state index in [1.807, 2.05) is 49.5 Å². The zero-order chi connectivity index (χ0) is 24.6. The molecule has 2 aromatic carbocycles. The summed E-state index contributed by atoms with van der Waals surface area (Å²) in [6.45, 7) is 3.49. The highest BCUT2D eigenvalue weighted by atomic mass is 32.2. The van der Waals surface area contributed by atoms with Crippen LogP contribution in [-0.2, 0) is 10.0 Å². The second-order valence-electron chi connectivity index (χ2n) is 9.57. The Labute approximate surface area is 206 Å². The highest BCUT2D eigenvalue weighted by molar-refractivity contribution is 7.89. The molecular formula is C26H32N4O4S. The van der Waals surface area contributed by atoms with Crippen LogP contribution in [0.5, 0.6) is 11.5 Å². The minimum Gasteiger partial charge on any atom is -0.497 e. The maximum absolute atomic E-state index is 12.5. The predicted octanol–water partition coefficient (Wildman–Crippen LogP) is 2.98. The molecule has 0 aliphatic carbocycles. The van der Waals surface area contributed by atoms with Crippen molar-refractivity contribution in [1.29, 1.82) is 0 Å². The maximum Gasteiger partial charge on any atom is 0.214 e. The van der Waals surface area contributed by atoms with Gasteiger partial charge in [0.2, 0.25) is 10.0 Å². The summed E-state index contributed by atoms with van der Waals surface area (Å²) >= 11 is 0. The first kappa shape index (κ1) is 23.8. The lowest BCUT2D eigenvalue weighted by Gasteiger charge is -2.25. The molecule has 186 valence electrons. The van der Waals surface area contributed by atoms with Gasteiger partial charge in [0.1, 0.15) is 18.1 Å². The number of likely N-dealkylation sites (N-methyl/N-ethyl adjacent to an activating group) is 1. The van der Waals surface area contributed by atoms with Gasteiger partial charge < -0.3 is 19.7 Å². The lowest BCUT2D eigenvalue weighted by Crippen LogP contribution is -2.31. The molecule has 0 bridgehead atoms. The van der Waals surface area contributed by atoms with E-state index in [0.29, 0.717) is 19.7 Å². The van der Waals surface area contributed by atoms with Crippen molar-refractivity contribution in [3.8, 4) is 22.8 Å².